The van der Waals surface area contributed by atoms with Crippen LogP contribution in [0.2, 0.25) is 5.15 Å². The maximum absolute atomic E-state index is 13.3. The molecule has 0 aliphatic carbocycles. The highest BCUT2D eigenvalue weighted by Gasteiger charge is 2.09. The van der Waals surface area contributed by atoms with Crippen LogP contribution < -0.4 is 5.32 Å². The molecule has 1 heterocycles. The van der Waals surface area contributed by atoms with Gasteiger partial charge in [0, 0.05) is 5.56 Å². The van der Waals surface area contributed by atoms with Gasteiger partial charge in [0.05, 0.1) is 16.9 Å². The van der Waals surface area contributed by atoms with Crippen LogP contribution in [0.25, 0.3) is 0 Å². The van der Waals surface area contributed by atoms with Crippen LogP contribution in [0.1, 0.15) is 10.4 Å². The van der Waals surface area contributed by atoms with Gasteiger partial charge in [-0.25, -0.2) is 14.4 Å². The summed E-state index contributed by atoms with van der Waals surface area (Å²) in [5, 5.41) is 2.70. The topological polar surface area (TPSA) is 54.9 Å². The molecule has 1 aromatic heterocycles. The summed E-state index contributed by atoms with van der Waals surface area (Å²) in [6.07, 6.45) is 2.62. The molecule has 18 heavy (non-hydrogen) atoms. The van der Waals surface area contributed by atoms with Crippen molar-refractivity contribution in [3.63, 3.8) is 0 Å². The number of rotatable bonds is 2. The van der Waals surface area contributed by atoms with Gasteiger partial charge in [-0.15, -0.1) is 0 Å². The van der Waals surface area contributed by atoms with E-state index in [1.807, 2.05) is 0 Å². The summed E-state index contributed by atoms with van der Waals surface area (Å²) in [5.74, 6) is -0.740. The Balaban J connectivity index is 2.16. The van der Waals surface area contributed by atoms with Crippen molar-refractivity contribution in [2.24, 2.45) is 0 Å². The van der Waals surface area contributed by atoms with Gasteiger partial charge in [0.15, 0.2) is 5.82 Å². The molecule has 0 saturated carbocycles. The molecule has 0 atom stereocenters. The standard InChI is InChI=1S/C11H6BrClFN3O/c12-7-2-1-6(3-8(7)14)11(18)17-10-5-15-9(13)4-16-10/h1-5H,(H,16,17,18). The van der Waals surface area contributed by atoms with Crippen LogP contribution in [0.3, 0.4) is 0 Å². The Morgan fingerprint density at radius 2 is 2.11 bits per heavy atom. The van der Waals surface area contributed by atoms with Crippen molar-refractivity contribution in [3.05, 3.63) is 51.6 Å². The second kappa shape index (κ2) is 5.41. The summed E-state index contributed by atoms with van der Waals surface area (Å²) in [5.41, 5.74) is 0.187. The number of hydrogen-bond acceptors (Lipinski definition) is 3. The highest BCUT2D eigenvalue weighted by Crippen LogP contribution is 2.17. The van der Waals surface area contributed by atoms with Crippen molar-refractivity contribution in [1.82, 2.24) is 9.97 Å². The number of carbonyl (C=O) groups is 1. The predicted octanol–water partition coefficient (Wildman–Crippen LogP) is 3.28. The molecule has 2 aromatic rings. The van der Waals surface area contributed by atoms with Gasteiger partial charge in [-0.2, -0.15) is 0 Å². The quantitative estimate of drug-likeness (QED) is 0.919. The lowest BCUT2D eigenvalue weighted by Crippen LogP contribution is -2.13. The Hall–Kier alpha value is -1.53. The van der Waals surface area contributed by atoms with E-state index in [1.165, 1.54) is 24.5 Å². The fourth-order valence-corrected chi connectivity index (χ4v) is 1.55. The zero-order valence-electron chi connectivity index (χ0n) is 8.82. The van der Waals surface area contributed by atoms with Crippen LogP contribution in [0.4, 0.5) is 10.2 Å². The molecule has 0 aliphatic rings. The summed E-state index contributed by atoms with van der Waals surface area (Å²) in [6.45, 7) is 0. The molecule has 1 N–H and O–H groups in total. The van der Waals surface area contributed by atoms with Crippen LogP contribution in [0.15, 0.2) is 35.1 Å². The van der Waals surface area contributed by atoms with Crippen LogP contribution in [0, 0.1) is 5.82 Å². The van der Waals surface area contributed by atoms with E-state index in [2.05, 4.69) is 31.2 Å². The fraction of sp³-hybridized carbons (Fsp3) is 0. The van der Waals surface area contributed by atoms with Crippen molar-refractivity contribution >= 4 is 39.3 Å². The van der Waals surface area contributed by atoms with Crippen LogP contribution in [-0.4, -0.2) is 15.9 Å². The Kier molecular flexibility index (Phi) is 3.88. The second-order valence-corrected chi connectivity index (χ2v) is 4.55. The third-order valence-electron chi connectivity index (χ3n) is 2.04. The second-order valence-electron chi connectivity index (χ2n) is 3.31. The maximum atomic E-state index is 13.3. The van der Waals surface area contributed by atoms with Gasteiger partial charge in [-0.05, 0) is 34.1 Å². The van der Waals surface area contributed by atoms with Crippen molar-refractivity contribution < 1.29 is 9.18 Å². The summed E-state index contributed by atoms with van der Waals surface area (Å²) >= 11 is 8.57. The Morgan fingerprint density at radius 1 is 1.33 bits per heavy atom. The molecule has 1 aromatic carbocycles. The van der Waals surface area contributed by atoms with E-state index in [-0.39, 0.29) is 16.5 Å². The Bertz CT molecular complexity index is 591. The molecule has 0 spiro atoms. The number of halogens is 3. The summed E-state index contributed by atoms with van der Waals surface area (Å²) in [7, 11) is 0. The minimum atomic E-state index is -0.509. The number of carbonyl (C=O) groups excluding carboxylic acids is 1. The Labute approximate surface area is 115 Å². The number of benzene rings is 1. The average molecular weight is 331 g/mol. The van der Waals surface area contributed by atoms with Crippen LogP contribution >= 0.6 is 27.5 Å². The number of anilines is 1. The molecular formula is C11H6BrClFN3O. The zero-order chi connectivity index (χ0) is 13.1. The molecule has 0 radical (unpaired) electrons. The van der Waals surface area contributed by atoms with E-state index in [9.17, 15) is 9.18 Å². The lowest BCUT2D eigenvalue weighted by atomic mass is 10.2. The number of amides is 1. The van der Waals surface area contributed by atoms with Gasteiger partial charge in [0.2, 0.25) is 0 Å². The van der Waals surface area contributed by atoms with Gasteiger partial charge in [-0.1, -0.05) is 11.6 Å². The van der Waals surface area contributed by atoms with Gasteiger partial charge in [0.25, 0.3) is 5.91 Å². The van der Waals surface area contributed by atoms with Gasteiger partial charge in [0.1, 0.15) is 11.0 Å². The lowest BCUT2D eigenvalue weighted by Gasteiger charge is -2.04. The first-order valence-corrected chi connectivity index (χ1v) is 5.97. The third-order valence-corrected chi connectivity index (χ3v) is 2.88. The predicted molar refractivity (Wildman–Crippen MR) is 69.1 cm³/mol. The minimum absolute atomic E-state index is 0.187. The highest BCUT2D eigenvalue weighted by atomic mass is 79.9. The summed E-state index contributed by atoms with van der Waals surface area (Å²) in [6, 6.07) is 4.08. The van der Waals surface area contributed by atoms with E-state index >= 15 is 0 Å². The molecular weight excluding hydrogens is 324 g/mol. The van der Waals surface area contributed by atoms with Crippen molar-refractivity contribution in [2.75, 3.05) is 5.32 Å². The van der Waals surface area contributed by atoms with E-state index in [0.29, 0.717) is 4.47 Å². The van der Waals surface area contributed by atoms with Gasteiger partial charge in [-0.3, -0.25) is 4.79 Å². The lowest BCUT2D eigenvalue weighted by molar-refractivity contribution is 0.102. The van der Waals surface area contributed by atoms with E-state index in [0.717, 1.165) is 6.07 Å². The van der Waals surface area contributed by atoms with Gasteiger partial charge < -0.3 is 5.32 Å². The van der Waals surface area contributed by atoms with E-state index in [4.69, 9.17) is 11.6 Å². The first-order valence-electron chi connectivity index (χ1n) is 4.80. The fourth-order valence-electron chi connectivity index (χ4n) is 1.20. The summed E-state index contributed by atoms with van der Waals surface area (Å²) in [4.78, 5) is 19.4. The molecule has 2 rings (SSSR count). The number of aromatic nitrogens is 2. The molecule has 1 amide bonds. The van der Waals surface area contributed by atoms with Crippen LogP contribution in [0.5, 0.6) is 0 Å². The SMILES string of the molecule is O=C(Nc1cnc(Cl)cn1)c1ccc(Br)c(F)c1. The minimum Gasteiger partial charge on any atom is -0.305 e. The number of hydrogen-bond donors (Lipinski definition) is 1. The summed E-state index contributed by atoms with van der Waals surface area (Å²) < 4.78 is 13.6. The van der Waals surface area contributed by atoms with Crippen molar-refractivity contribution in [3.8, 4) is 0 Å². The van der Waals surface area contributed by atoms with Gasteiger partial charge >= 0.3 is 0 Å². The normalized spacial score (nSPS) is 10.2. The molecule has 92 valence electrons. The largest absolute Gasteiger partial charge is 0.305 e. The number of nitrogens with zero attached hydrogens (tertiary/aromatic N) is 2. The molecule has 0 unspecified atom stereocenters. The highest BCUT2D eigenvalue weighted by molar-refractivity contribution is 9.10. The van der Waals surface area contributed by atoms with Crippen molar-refractivity contribution in [1.29, 1.82) is 0 Å². The zero-order valence-corrected chi connectivity index (χ0v) is 11.2. The molecule has 0 fully saturated rings. The van der Waals surface area contributed by atoms with E-state index in [1.54, 1.807) is 0 Å². The monoisotopic (exact) mass is 329 g/mol. The molecule has 0 bridgehead atoms. The maximum Gasteiger partial charge on any atom is 0.256 e. The smallest absolute Gasteiger partial charge is 0.256 e. The number of nitrogens with one attached hydrogen (secondary N) is 1. The molecule has 4 nitrogen and oxygen atoms in total. The molecule has 7 heteroatoms. The van der Waals surface area contributed by atoms with Crippen molar-refractivity contribution in [2.45, 2.75) is 0 Å². The third kappa shape index (κ3) is 3.02. The molecule has 0 saturated heterocycles. The van der Waals surface area contributed by atoms with E-state index < -0.39 is 11.7 Å². The first kappa shape index (κ1) is 12.9. The Morgan fingerprint density at radius 3 is 2.72 bits per heavy atom. The van der Waals surface area contributed by atoms with Crippen LogP contribution in [-0.2, 0) is 0 Å². The first-order chi connectivity index (χ1) is 8.56. The molecule has 0 aliphatic heterocycles. The average Bonchev–Trinajstić information content (AvgIpc) is 2.35.